The summed E-state index contributed by atoms with van der Waals surface area (Å²) in [7, 11) is 5.00. The molecule has 0 aromatic heterocycles. The number of hydrogen-bond acceptors (Lipinski definition) is 4. The number of methoxy groups -OCH3 is 1. The molecule has 0 aliphatic heterocycles. The molecule has 0 spiro atoms. The van der Waals surface area contributed by atoms with Crippen molar-refractivity contribution in [3.8, 4) is 5.75 Å². The second-order valence-corrected chi connectivity index (χ2v) is 4.83. The van der Waals surface area contributed by atoms with Crippen LogP contribution in [0.1, 0.15) is 10.4 Å². The van der Waals surface area contributed by atoms with E-state index in [1.807, 2.05) is 38.4 Å². The van der Waals surface area contributed by atoms with Crippen molar-refractivity contribution >= 4 is 34.1 Å². The van der Waals surface area contributed by atoms with Crippen LogP contribution in [-0.4, -0.2) is 37.2 Å². The largest absolute Gasteiger partial charge is 0.465 e. The summed E-state index contributed by atoms with van der Waals surface area (Å²) in [5, 5.41) is 2.29. The minimum atomic E-state index is -0.359. The summed E-state index contributed by atoms with van der Waals surface area (Å²) in [4.78, 5) is 13.2. The number of ether oxygens (including phenoxy) is 2. The Labute approximate surface area is 122 Å². The Morgan fingerprint density at radius 2 is 1.80 bits per heavy atom. The molecule has 4 nitrogen and oxygen atoms in total. The number of benzene rings is 2. The molecule has 0 saturated heterocycles. The number of esters is 1. The minimum absolute atomic E-state index is 0.359. The van der Waals surface area contributed by atoms with E-state index >= 15 is 0 Å². The molecule has 2 aromatic rings. The topological polar surface area (TPSA) is 38.8 Å². The lowest BCUT2D eigenvalue weighted by molar-refractivity contribution is 0.0601. The first-order chi connectivity index (χ1) is 9.51. The highest BCUT2D eigenvalue weighted by Gasteiger charge is 2.07. The number of carbonyl (C=O) groups is 1. The highest BCUT2D eigenvalue weighted by molar-refractivity contribution is 7.80. The van der Waals surface area contributed by atoms with Crippen LogP contribution in [0.3, 0.4) is 0 Å². The smallest absolute Gasteiger partial charge is 0.337 e. The lowest BCUT2D eigenvalue weighted by Gasteiger charge is -2.14. The third-order valence-corrected chi connectivity index (χ3v) is 3.25. The van der Waals surface area contributed by atoms with Crippen molar-refractivity contribution in [2.75, 3.05) is 21.2 Å². The molecule has 0 fully saturated rings. The standard InChI is InChI=1S/C15H15NO3S/c1-16(2)15(20)19-13-7-6-10-4-5-11(14(17)18-3)8-12(10)9-13/h4-9H,1-3H3. The van der Waals surface area contributed by atoms with E-state index in [0.717, 1.165) is 10.8 Å². The zero-order chi connectivity index (χ0) is 14.7. The first kappa shape index (κ1) is 14.3. The maximum atomic E-state index is 11.5. The molecule has 0 N–H and O–H groups in total. The Hall–Kier alpha value is -2.14. The summed E-state index contributed by atoms with van der Waals surface area (Å²) < 4.78 is 10.3. The van der Waals surface area contributed by atoms with Gasteiger partial charge in [0.25, 0.3) is 5.17 Å². The fourth-order valence-corrected chi connectivity index (χ4v) is 1.82. The molecule has 2 rings (SSSR count). The fourth-order valence-electron chi connectivity index (χ4n) is 1.73. The zero-order valence-electron chi connectivity index (χ0n) is 11.5. The van der Waals surface area contributed by atoms with Gasteiger partial charge in [-0.1, -0.05) is 12.1 Å². The maximum Gasteiger partial charge on any atom is 0.337 e. The van der Waals surface area contributed by atoms with Gasteiger partial charge in [-0.05, 0) is 47.3 Å². The number of thiocarbonyl (C=S) groups is 1. The first-order valence-corrected chi connectivity index (χ1v) is 6.43. The summed E-state index contributed by atoms with van der Waals surface area (Å²) >= 11 is 5.10. The lowest BCUT2D eigenvalue weighted by Crippen LogP contribution is -2.24. The van der Waals surface area contributed by atoms with Crippen LogP contribution in [0.4, 0.5) is 0 Å². The number of fused-ring (bicyclic) bond motifs is 1. The molecule has 0 amide bonds. The average molecular weight is 289 g/mol. The van der Waals surface area contributed by atoms with Crippen molar-refractivity contribution in [1.29, 1.82) is 0 Å². The van der Waals surface area contributed by atoms with E-state index in [1.165, 1.54) is 7.11 Å². The molecule has 20 heavy (non-hydrogen) atoms. The van der Waals surface area contributed by atoms with Gasteiger partial charge in [-0.2, -0.15) is 0 Å². The van der Waals surface area contributed by atoms with Crippen LogP contribution in [-0.2, 0) is 4.74 Å². The Balaban J connectivity index is 2.36. The predicted molar refractivity (Wildman–Crippen MR) is 82.2 cm³/mol. The molecule has 0 radical (unpaired) electrons. The summed E-state index contributed by atoms with van der Waals surface area (Å²) in [5.74, 6) is 0.278. The van der Waals surface area contributed by atoms with Crippen molar-refractivity contribution in [1.82, 2.24) is 4.90 Å². The molecule has 0 heterocycles. The highest BCUT2D eigenvalue weighted by atomic mass is 32.1. The predicted octanol–water partition coefficient (Wildman–Crippen LogP) is 2.85. The van der Waals surface area contributed by atoms with Gasteiger partial charge in [0.05, 0.1) is 12.7 Å². The van der Waals surface area contributed by atoms with E-state index in [1.54, 1.807) is 17.0 Å². The van der Waals surface area contributed by atoms with Gasteiger partial charge >= 0.3 is 5.97 Å². The van der Waals surface area contributed by atoms with E-state index in [2.05, 4.69) is 0 Å². The van der Waals surface area contributed by atoms with E-state index in [9.17, 15) is 4.79 Å². The molecule has 0 bridgehead atoms. The number of hydrogen-bond donors (Lipinski definition) is 0. The number of rotatable bonds is 2. The Bertz CT molecular complexity index is 667. The van der Waals surface area contributed by atoms with E-state index in [4.69, 9.17) is 21.7 Å². The fraction of sp³-hybridized carbons (Fsp3) is 0.200. The average Bonchev–Trinajstić information content (AvgIpc) is 2.45. The molecule has 104 valence electrons. The molecule has 0 atom stereocenters. The Morgan fingerprint density at radius 3 is 2.45 bits per heavy atom. The molecule has 0 aliphatic rings. The van der Waals surface area contributed by atoms with E-state index < -0.39 is 0 Å². The highest BCUT2D eigenvalue weighted by Crippen LogP contribution is 2.23. The number of carbonyl (C=O) groups excluding carboxylic acids is 1. The van der Waals surface area contributed by atoms with Gasteiger partial charge in [-0.25, -0.2) is 4.79 Å². The van der Waals surface area contributed by atoms with Crippen molar-refractivity contribution in [3.63, 3.8) is 0 Å². The van der Waals surface area contributed by atoms with Crippen LogP contribution in [0.5, 0.6) is 5.75 Å². The molecular formula is C15H15NO3S. The minimum Gasteiger partial charge on any atom is -0.465 e. The van der Waals surface area contributed by atoms with Gasteiger partial charge in [0.15, 0.2) is 0 Å². The van der Waals surface area contributed by atoms with Gasteiger partial charge < -0.3 is 14.4 Å². The van der Waals surface area contributed by atoms with Gasteiger partial charge in [0.1, 0.15) is 5.75 Å². The second-order valence-electron chi connectivity index (χ2n) is 4.48. The van der Waals surface area contributed by atoms with Gasteiger partial charge in [0.2, 0.25) is 0 Å². The van der Waals surface area contributed by atoms with Crippen molar-refractivity contribution < 1.29 is 14.3 Å². The molecule has 5 heteroatoms. The quantitative estimate of drug-likeness (QED) is 0.628. The third-order valence-electron chi connectivity index (χ3n) is 2.80. The third kappa shape index (κ3) is 3.05. The molecule has 2 aromatic carbocycles. The van der Waals surface area contributed by atoms with E-state index in [-0.39, 0.29) is 5.97 Å². The molecule has 0 unspecified atom stereocenters. The van der Waals surface area contributed by atoms with Crippen molar-refractivity contribution in [3.05, 3.63) is 42.0 Å². The number of nitrogens with zero attached hydrogens (tertiary/aromatic N) is 1. The van der Waals surface area contributed by atoms with E-state index in [0.29, 0.717) is 16.5 Å². The first-order valence-electron chi connectivity index (χ1n) is 6.02. The lowest BCUT2D eigenvalue weighted by atomic mass is 10.1. The Morgan fingerprint density at radius 1 is 1.10 bits per heavy atom. The molecule has 0 saturated carbocycles. The summed E-state index contributed by atoms with van der Waals surface area (Å²) in [6, 6.07) is 11.0. The summed E-state index contributed by atoms with van der Waals surface area (Å²) in [5.41, 5.74) is 0.507. The van der Waals surface area contributed by atoms with Gasteiger partial charge in [-0.3, -0.25) is 0 Å². The van der Waals surface area contributed by atoms with Crippen LogP contribution in [0.25, 0.3) is 10.8 Å². The maximum absolute atomic E-state index is 11.5. The SMILES string of the molecule is COC(=O)c1ccc2ccc(OC(=S)N(C)C)cc2c1. The normalized spacial score (nSPS) is 10.2. The van der Waals surface area contributed by atoms with Crippen molar-refractivity contribution in [2.24, 2.45) is 0 Å². The van der Waals surface area contributed by atoms with Crippen LogP contribution >= 0.6 is 12.2 Å². The monoisotopic (exact) mass is 289 g/mol. The molecular weight excluding hydrogens is 274 g/mol. The summed E-state index contributed by atoms with van der Waals surface area (Å²) in [6.45, 7) is 0. The summed E-state index contributed by atoms with van der Waals surface area (Å²) in [6.07, 6.45) is 0. The van der Waals surface area contributed by atoms with Crippen LogP contribution in [0, 0.1) is 0 Å². The van der Waals surface area contributed by atoms with Gasteiger partial charge in [0, 0.05) is 14.1 Å². The van der Waals surface area contributed by atoms with Crippen LogP contribution in [0.2, 0.25) is 0 Å². The van der Waals surface area contributed by atoms with Crippen LogP contribution in [0.15, 0.2) is 36.4 Å². The van der Waals surface area contributed by atoms with Crippen LogP contribution < -0.4 is 4.74 Å². The van der Waals surface area contributed by atoms with Crippen molar-refractivity contribution in [2.45, 2.75) is 0 Å². The second kappa shape index (κ2) is 5.88. The molecule has 0 aliphatic carbocycles. The Kier molecular flexibility index (Phi) is 4.20. The zero-order valence-corrected chi connectivity index (χ0v) is 12.4. The van der Waals surface area contributed by atoms with Gasteiger partial charge in [-0.15, -0.1) is 0 Å².